The van der Waals surface area contributed by atoms with E-state index in [-0.39, 0.29) is 17.6 Å². The van der Waals surface area contributed by atoms with E-state index >= 15 is 0 Å². The van der Waals surface area contributed by atoms with Gasteiger partial charge < -0.3 is 14.4 Å². The summed E-state index contributed by atoms with van der Waals surface area (Å²) in [4.78, 5) is 14.8. The zero-order valence-corrected chi connectivity index (χ0v) is 14.7. The van der Waals surface area contributed by atoms with Crippen LogP contribution in [-0.4, -0.2) is 49.3 Å². The Morgan fingerprint density at radius 1 is 1.28 bits per heavy atom. The number of benzene rings is 2. The molecule has 2 aromatic carbocycles. The fourth-order valence-corrected chi connectivity index (χ4v) is 4.32. The predicted molar refractivity (Wildman–Crippen MR) is 97.6 cm³/mol. The van der Waals surface area contributed by atoms with Gasteiger partial charge in [0.15, 0.2) is 0 Å². The zero-order chi connectivity index (χ0) is 17.3. The van der Waals surface area contributed by atoms with Crippen LogP contribution in [0.5, 0.6) is 0 Å². The van der Waals surface area contributed by atoms with Crippen LogP contribution < -0.4 is 0 Å². The van der Waals surface area contributed by atoms with E-state index in [9.17, 15) is 4.79 Å². The number of hydrogen-bond acceptors (Lipinski definition) is 3. The highest BCUT2D eigenvalue weighted by atomic mass is 16.6. The SMILES string of the molecule is CO[C@H]1CCN(C(=O)Cc2ccc3ccccc3c2)C[C@@]12CCCO2. The lowest BCUT2D eigenvalue weighted by atomic mass is 9.86. The first-order valence-electron chi connectivity index (χ1n) is 9.12. The van der Waals surface area contributed by atoms with Crippen LogP contribution >= 0.6 is 0 Å². The molecular weight excluding hydrogens is 314 g/mol. The summed E-state index contributed by atoms with van der Waals surface area (Å²) in [5, 5.41) is 2.39. The molecular formula is C21H25NO3. The van der Waals surface area contributed by atoms with E-state index in [4.69, 9.17) is 9.47 Å². The lowest BCUT2D eigenvalue weighted by Crippen LogP contribution is -2.58. The third-order valence-corrected chi connectivity index (χ3v) is 5.65. The van der Waals surface area contributed by atoms with E-state index in [1.165, 1.54) is 10.8 Å². The van der Waals surface area contributed by atoms with Gasteiger partial charge in [-0.3, -0.25) is 4.79 Å². The van der Waals surface area contributed by atoms with E-state index < -0.39 is 0 Å². The lowest BCUT2D eigenvalue weighted by molar-refractivity contribution is -0.160. The number of carbonyl (C=O) groups excluding carboxylic acids is 1. The second kappa shape index (κ2) is 6.77. The molecule has 2 heterocycles. The van der Waals surface area contributed by atoms with Gasteiger partial charge in [0.25, 0.3) is 0 Å². The van der Waals surface area contributed by atoms with Crippen molar-refractivity contribution < 1.29 is 14.3 Å². The molecule has 1 spiro atoms. The molecule has 25 heavy (non-hydrogen) atoms. The highest BCUT2D eigenvalue weighted by Gasteiger charge is 2.48. The molecule has 0 saturated carbocycles. The summed E-state index contributed by atoms with van der Waals surface area (Å²) in [7, 11) is 1.75. The quantitative estimate of drug-likeness (QED) is 0.862. The lowest BCUT2D eigenvalue weighted by Gasteiger charge is -2.44. The third kappa shape index (κ3) is 3.16. The molecule has 2 fully saturated rings. The molecule has 0 unspecified atom stereocenters. The fraction of sp³-hybridized carbons (Fsp3) is 0.476. The van der Waals surface area contributed by atoms with Crippen LogP contribution in [0.25, 0.3) is 10.8 Å². The first-order chi connectivity index (χ1) is 12.2. The summed E-state index contributed by atoms with van der Waals surface area (Å²) in [5.74, 6) is 0.180. The molecule has 2 atom stereocenters. The number of piperidine rings is 1. The molecule has 4 heteroatoms. The number of nitrogens with zero attached hydrogens (tertiary/aromatic N) is 1. The molecule has 2 aliphatic heterocycles. The number of carbonyl (C=O) groups is 1. The van der Waals surface area contributed by atoms with Crippen LogP contribution in [-0.2, 0) is 20.7 Å². The number of amides is 1. The van der Waals surface area contributed by atoms with Crippen LogP contribution in [0.15, 0.2) is 42.5 Å². The van der Waals surface area contributed by atoms with Crippen molar-refractivity contribution in [2.75, 3.05) is 26.8 Å². The Hall–Kier alpha value is -1.91. The average Bonchev–Trinajstić information content (AvgIpc) is 3.10. The number of fused-ring (bicyclic) bond motifs is 1. The second-order valence-corrected chi connectivity index (χ2v) is 7.20. The van der Waals surface area contributed by atoms with E-state index in [0.29, 0.717) is 13.0 Å². The number of methoxy groups -OCH3 is 1. The normalized spacial score (nSPS) is 26.4. The number of hydrogen-bond donors (Lipinski definition) is 0. The minimum Gasteiger partial charge on any atom is -0.378 e. The summed E-state index contributed by atoms with van der Waals surface area (Å²) in [6.45, 7) is 2.17. The van der Waals surface area contributed by atoms with Crippen LogP contribution in [0.4, 0.5) is 0 Å². The molecule has 4 nitrogen and oxygen atoms in total. The van der Waals surface area contributed by atoms with Crippen molar-refractivity contribution in [1.82, 2.24) is 4.90 Å². The maximum atomic E-state index is 12.9. The highest BCUT2D eigenvalue weighted by Crippen LogP contribution is 2.36. The van der Waals surface area contributed by atoms with Crippen LogP contribution in [0.2, 0.25) is 0 Å². The number of ether oxygens (including phenoxy) is 2. The van der Waals surface area contributed by atoms with E-state index in [1.807, 2.05) is 17.0 Å². The highest BCUT2D eigenvalue weighted by molar-refractivity contribution is 5.85. The van der Waals surface area contributed by atoms with Crippen LogP contribution in [0, 0.1) is 0 Å². The van der Waals surface area contributed by atoms with Crippen molar-refractivity contribution in [2.45, 2.75) is 37.4 Å². The van der Waals surface area contributed by atoms with Gasteiger partial charge in [-0.05, 0) is 35.6 Å². The van der Waals surface area contributed by atoms with Crippen molar-refractivity contribution in [3.05, 3.63) is 48.0 Å². The molecule has 0 radical (unpaired) electrons. The van der Waals surface area contributed by atoms with Gasteiger partial charge in [-0.1, -0.05) is 42.5 Å². The molecule has 2 saturated heterocycles. The molecule has 2 aliphatic rings. The Labute approximate surface area is 148 Å². The Morgan fingerprint density at radius 3 is 2.88 bits per heavy atom. The molecule has 132 valence electrons. The standard InChI is InChI=1S/C21H25NO3/c1-24-19-9-11-22(15-21(19)10-4-12-25-21)20(23)14-16-7-8-17-5-2-3-6-18(17)13-16/h2-3,5-8,13,19H,4,9-12,14-15H2,1H3/t19-,21-/m0/s1. The Balaban J connectivity index is 1.48. The predicted octanol–water partition coefficient (Wildman–Crippen LogP) is 3.18. The summed E-state index contributed by atoms with van der Waals surface area (Å²) >= 11 is 0. The van der Waals surface area contributed by atoms with Gasteiger partial charge in [0.1, 0.15) is 5.60 Å². The molecule has 0 aliphatic carbocycles. The average molecular weight is 339 g/mol. The number of likely N-dealkylation sites (tertiary alicyclic amines) is 1. The smallest absolute Gasteiger partial charge is 0.227 e. The van der Waals surface area contributed by atoms with Crippen molar-refractivity contribution >= 4 is 16.7 Å². The minimum atomic E-state index is -0.300. The fourth-order valence-electron chi connectivity index (χ4n) is 4.32. The van der Waals surface area contributed by atoms with Gasteiger partial charge in [-0.2, -0.15) is 0 Å². The molecule has 2 aromatic rings. The molecule has 0 bridgehead atoms. The summed E-state index contributed by atoms with van der Waals surface area (Å²) in [5.41, 5.74) is 0.769. The van der Waals surface area contributed by atoms with Gasteiger partial charge >= 0.3 is 0 Å². The van der Waals surface area contributed by atoms with Crippen molar-refractivity contribution in [3.8, 4) is 0 Å². The Bertz CT molecular complexity index is 767. The molecule has 1 amide bonds. The van der Waals surface area contributed by atoms with E-state index in [0.717, 1.165) is 38.0 Å². The van der Waals surface area contributed by atoms with Gasteiger partial charge in [-0.25, -0.2) is 0 Å². The number of rotatable bonds is 3. The summed E-state index contributed by atoms with van der Waals surface area (Å²) in [6.07, 6.45) is 3.41. The van der Waals surface area contributed by atoms with E-state index in [1.54, 1.807) is 7.11 Å². The van der Waals surface area contributed by atoms with Gasteiger partial charge in [0.2, 0.25) is 5.91 Å². The monoisotopic (exact) mass is 339 g/mol. The molecule has 0 N–H and O–H groups in total. The minimum absolute atomic E-state index is 0.0970. The first-order valence-corrected chi connectivity index (χ1v) is 9.12. The topological polar surface area (TPSA) is 38.8 Å². The largest absolute Gasteiger partial charge is 0.378 e. The maximum absolute atomic E-state index is 12.9. The maximum Gasteiger partial charge on any atom is 0.227 e. The van der Waals surface area contributed by atoms with Crippen LogP contribution in [0.1, 0.15) is 24.8 Å². The first kappa shape index (κ1) is 16.6. The summed E-state index contributed by atoms with van der Waals surface area (Å²) in [6, 6.07) is 14.5. The van der Waals surface area contributed by atoms with E-state index in [2.05, 4.69) is 30.3 Å². The van der Waals surface area contributed by atoms with Gasteiger partial charge in [0.05, 0.1) is 19.1 Å². The van der Waals surface area contributed by atoms with Gasteiger partial charge in [-0.15, -0.1) is 0 Å². The Kier molecular flexibility index (Phi) is 4.48. The van der Waals surface area contributed by atoms with Crippen molar-refractivity contribution in [3.63, 3.8) is 0 Å². The van der Waals surface area contributed by atoms with Crippen molar-refractivity contribution in [2.24, 2.45) is 0 Å². The third-order valence-electron chi connectivity index (χ3n) is 5.65. The van der Waals surface area contributed by atoms with Gasteiger partial charge in [0, 0.05) is 20.3 Å². The zero-order valence-electron chi connectivity index (χ0n) is 14.7. The van der Waals surface area contributed by atoms with Crippen LogP contribution in [0.3, 0.4) is 0 Å². The Morgan fingerprint density at radius 2 is 2.12 bits per heavy atom. The van der Waals surface area contributed by atoms with Crippen molar-refractivity contribution in [1.29, 1.82) is 0 Å². The summed E-state index contributed by atoms with van der Waals surface area (Å²) < 4.78 is 11.7. The molecule has 4 rings (SSSR count). The second-order valence-electron chi connectivity index (χ2n) is 7.20. The molecule has 0 aromatic heterocycles.